The van der Waals surface area contributed by atoms with Crippen molar-refractivity contribution in [2.45, 2.75) is 26.2 Å². The van der Waals surface area contributed by atoms with Crippen LogP contribution >= 0.6 is 0 Å². The van der Waals surface area contributed by atoms with Crippen LogP contribution in [0.15, 0.2) is 12.3 Å². The van der Waals surface area contributed by atoms with Gasteiger partial charge in [-0.15, -0.1) is 0 Å². The van der Waals surface area contributed by atoms with Crippen LogP contribution in [-0.4, -0.2) is 23.9 Å². The third-order valence-electron chi connectivity index (χ3n) is 3.34. The van der Waals surface area contributed by atoms with Crippen molar-refractivity contribution in [3.05, 3.63) is 23.4 Å². The lowest BCUT2D eigenvalue weighted by atomic mass is 9.91. The first-order chi connectivity index (χ1) is 8.18. The lowest BCUT2D eigenvalue weighted by Crippen LogP contribution is -2.31. The quantitative estimate of drug-likeness (QED) is 0.777. The summed E-state index contributed by atoms with van der Waals surface area (Å²) in [6.07, 6.45) is 4.49. The van der Waals surface area contributed by atoms with E-state index < -0.39 is 0 Å². The third kappa shape index (κ3) is 2.82. The van der Waals surface area contributed by atoms with Crippen molar-refractivity contribution in [2.75, 3.05) is 18.8 Å². The highest BCUT2D eigenvalue weighted by molar-refractivity contribution is 6.01. The molecule has 1 unspecified atom stereocenters. The number of carbonyl (C=O) groups is 1. The summed E-state index contributed by atoms with van der Waals surface area (Å²) in [6, 6.07) is 1.84. The molecule has 92 valence electrons. The summed E-state index contributed by atoms with van der Waals surface area (Å²) < 4.78 is 0. The molecule has 0 spiro atoms. The van der Waals surface area contributed by atoms with Gasteiger partial charge >= 0.3 is 0 Å². The van der Waals surface area contributed by atoms with Gasteiger partial charge in [0, 0.05) is 12.6 Å². The highest BCUT2D eigenvalue weighted by atomic mass is 16.1. The fourth-order valence-corrected chi connectivity index (χ4v) is 2.40. The van der Waals surface area contributed by atoms with E-state index in [2.05, 4.69) is 10.3 Å². The number of hydrogen-bond donors (Lipinski definition) is 2. The summed E-state index contributed by atoms with van der Waals surface area (Å²) >= 11 is 0. The predicted octanol–water partition coefficient (Wildman–Crippen LogP) is 1.54. The maximum absolute atomic E-state index is 12.2. The second kappa shape index (κ2) is 5.27. The van der Waals surface area contributed by atoms with Crippen molar-refractivity contribution in [3.8, 4) is 0 Å². The van der Waals surface area contributed by atoms with E-state index >= 15 is 0 Å². The Morgan fingerprint density at radius 2 is 2.47 bits per heavy atom. The monoisotopic (exact) mass is 233 g/mol. The Kier molecular flexibility index (Phi) is 3.74. The minimum Gasteiger partial charge on any atom is -0.383 e. The Labute approximate surface area is 102 Å². The third-order valence-corrected chi connectivity index (χ3v) is 3.34. The van der Waals surface area contributed by atoms with Gasteiger partial charge in [0.1, 0.15) is 5.82 Å². The second-order valence-corrected chi connectivity index (χ2v) is 4.73. The van der Waals surface area contributed by atoms with Crippen molar-refractivity contribution in [1.82, 2.24) is 10.3 Å². The largest absolute Gasteiger partial charge is 0.383 e. The fraction of sp³-hybridized carbons (Fsp3) is 0.538. The molecule has 1 aromatic rings. The molecule has 0 aromatic carbocycles. The van der Waals surface area contributed by atoms with Crippen LogP contribution < -0.4 is 11.1 Å². The molecule has 1 atom stereocenters. The molecule has 0 saturated carbocycles. The number of nitrogens with zero attached hydrogens (tertiary/aromatic N) is 1. The SMILES string of the molecule is Cc1ccnc(N)c1C(=O)CC1CCCNC1. The normalized spacial score (nSPS) is 20.2. The van der Waals surface area contributed by atoms with Crippen LogP contribution in [0.2, 0.25) is 0 Å². The summed E-state index contributed by atoms with van der Waals surface area (Å²) in [5.41, 5.74) is 7.31. The number of pyridine rings is 1. The number of anilines is 1. The lowest BCUT2D eigenvalue weighted by molar-refractivity contribution is 0.0954. The van der Waals surface area contributed by atoms with E-state index in [1.54, 1.807) is 6.20 Å². The van der Waals surface area contributed by atoms with Gasteiger partial charge in [0.2, 0.25) is 0 Å². The number of Topliss-reactive ketones (excluding diaryl/α,β-unsaturated/α-hetero) is 1. The summed E-state index contributed by atoms with van der Waals surface area (Å²) in [5, 5.41) is 3.32. The molecule has 2 heterocycles. The van der Waals surface area contributed by atoms with E-state index in [0.717, 1.165) is 31.5 Å². The number of ketones is 1. The molecule has 1 aromatic heterocycles. The summed E-state index contributed by atoms with van der Waals surface area (Å²) in [7, 11) is 0. The number of hydrogen-bond acceptors (Lipinski definition) is 4. The van der Waals surface area contributed by atoms with Gasteiger partial charge in [-0.2, -0.15) is 0 Å². The Morgan fingerprint density at radius 1 is 1.65 bits per heavy atom. The smallest absolute Gasteiger partial charge is 0.167 e. The average Bonchev–Trinajstić information content (AvgIpc) is 2.30. The van der Waals surface area contributed by atoms with Crippen LogP contribution in [-0.2, 0) is 0 Å². The molecule has 0 aliphatic carbocycles. The van der Waals surface area contributed by atoms with Gasteiger partial charge in [-0.25, -0.2) is 4.98 Å². The van der Waals surface area contributed by atoms with Crippen LogP contribution in [0.1, 0.15) is 35.2 Å². The highest BCUT2D eigenvalue weighted by Crippen LogP contribution is 2.21. The van der Waals surface area contributed by atoms with Crippen LogP contribution in [0.5, 0.6) is 0 Å². The molecule has 4 nitrogen and oxygen atoms in total. The molecule has 0 amide bonds. The number of nitrogen functional groups attached to an aromatic ring is 1. The van der Waals surface area contributed by atoms with Gasteiger partial charge in [-0.3, -0.25) is 4.79 Å². The van der Waals surface area contributed by atoms with Gasteiger partial charge in [-0.05, 0) is 50.4 Å². The fourth-order valence-electron chi connectivity index (χ4n) is 2.40. The number of carbonyl (C=O) groups excluding carboxylic acids is 1. The molecular formula is C13H19N3O. The number of nitrogens with two attached hydrogens (primary N) is 1. The number of aromatic nitrogens is 1. The van der Waals surface area contributed by atoms with E-state index in [4.69, 9.17) is 5.73 Å². The number of nitrogens with one attached hydrogen (secondary N) is 1. The molecular weight excluding hydrogens is 214 g/mol. The zero-order valence-electron chi connectivity index (χ0n) is 10.2. The minimum atomic E-state index is 0.127. The maximum atomic E-state index is 12.2. The lowest BCUT2D eigenvalue weighted by Gasteiger charge is -2.22. The molecule has 4 heteroatoms. The Balaban J connectivity index is 2.08. The number of rotatable bonds is 3. The van der Waals surface area contributed by atoms with Crippen molar-refractivity contribution in [1.29, 1.82) is 0 Å². The van der Waals surface area contributed by atoms with Crippen molar-refractivity contribution < 1.29 is 4.79 Å². The Morgan fingerprint density at radius 3 is 3.12 bits per heavy atom. The summed E-state index contributed by atoms with van der Waals surface area (Å²) in [6.45, 7) is 3.91. The number of aryl methyl sites for hydroxylation is 1. The molecule has 0 bridgehead atoms. The van der Waals surface area contributed by atoms with Gasteiger partial charge in [0.05, 0.1) is 5.56 Å². The molecule has 2 rings (SSSR count). The zero-order valence-corrected chi connectivity index (χ0v) is 10.2. The van der Waals surface area contributed by atoms with E-state index in [0.29, 0.717) is 23.7 Å². The van der Waals surface area contributed by atoms with E-state index in [1.807, 2.05) is 13.0 Å². The van der Waals surface area contributed by atoms with Crippen LogP contribution in [0.4, 0.5) is 5.82 Å². The van der Waals surface area contributed by atoms with E-state index in [-0.39, 0.29) is 5.78 Å². The first-order valence-corrected chi connectivity index (χ1v) is 6.13. The minimum absolute atomic E-state index is 0.127. The molecule has 1 fully saturated rings. The molecule has 1 aliphatic heterocycles. The van der Waals surface area contributed by atoms with E-state index in [9.17, 15) is 4.79 Å². The van der Waals surface area contributed by atoms with Gasteiger partial charge in [0.25, 0.3) is 0 Å². The summed E-state index contributed by atoms with van der Waals surface area (Å²) in [4.78, 5) is 16.2. The maximum Gasteiger partial charge on any atom is 0.167 e. The Bertz CT molecular complexity index is 391. The van der Waals surface area contributed by atoms with Gasteiger partial charge < -0.3 is 11.1 Å². The van der Waals surface area contributed by atoms with Gasteiger partial charge in [-0.1, -0.05) is 0 Å². The molecule has 0 radical (unpaired) electrons. The zero-order chi connectivity index (χ0) is 12.3. The van der Waals surface area contributed by atoms with Crippen molar-refractivity contribution in [2.24, 2.45) is 5.92 Å². The second-order valence-electron chi connectivity index (χ2n) is 4.73. The molecule has 3 N–H and O–H groups in total. The van der Waals surface area contributed by atoms with Crippen molar-refractivity contribution in [3.63, 3.8) is 0 Å². The van der Waals surface area contributed by atoms with E-state index in [1.165, 1.54) is 0 Å². The first kappa shape index (κ1) is 12.0. The molecule has 17 heavy (non-hydrogen) atoms. The van der Waals surface area contributed by atoms with Crippen molar-refractivity contribution >= 4 is 11.6 Å². The van der Waals surface area contributed by atoms with Crippen LogP contribution in [0.3, 0.4) is 0 Å². The summed E-state index contributed by atoms with van der Waals surface area (Å²) in [5.74, 6) is 0.927. The predicted molar refractivity (Wildman–Crippen MR) is 67.9 cm³/mol. The molecule has 1 aliphatic rings. The first-order valence-electron chi connectivity index (χ1n) is 6.13. The van der Waals surface area contributed by atoms with Crippen LogP contribution in [0, 0.1) is 12.8 Å². The van der Waals surface area contributed by atoms with Gasteiger partial charge in [0.15, 0.2) is 5.78 Å². The average molecular weight is 233 g/mol. The van der Waals surface area contributed by atoms with Crippen LogP contribution in [0.25, 0.3) is 0 Å². The molecule has 1 saturated heterocycles. The standard InChI is InChI=1S/C13H19N3O/c1-9-4-6-16-13(14)12(9)11(17)7-10-3-2-5-15-8-10/h4,6,10,15H,2-3,5,7-8H2,1H3,(H2,14,16). The topological polar surface area (TPSA) is 68.0 Å². The Hall–Kier alpha value is -1.42. The highest BCUT2D eigenvalue weighted by Gasteiger charge is 2.20. The number of piperidine rings is 1.